The maximum atomic E-state index is 12.3. The molecule has 0 saturated heterocycles. The van der Waals surface area contributed by atoms with Crippen molar-refractivity contribution < 1.29 is 18.7 Å². The van der Waals surface area contributed by atoms with Crippen LogP contribution in [-0.4, -0.2) is 32.7 Å². The fraction of sp³-hybridized carbons (Fsp3) is 0.200. The maximum absolute atomic E-state index is 12.3. The van der Waals surface area contributed by atoms with Gasteiger partial charge in [0.25, 0.3) is 11.8 Å². The molecule has 1 N–H and O–H groups in total. The van der Waals surface area contributed by atoms with E-state index in [-0.39, 0.29) is 24.6 Å². The summed E-state index contributed by atoms with van der Waals surface area (Å²) < 4.78 is 17.6. The number of nitrogens with one attached hydrogen (secondary N) is 1. The third-order valence-corrected chi connectivity index (χ3v) is 3.61. The monoisotopic (exact) mass is 327 g/mol. The Morgan fingerprint density at radius 3 is 2.83 bits per heavy atom. The highest BCUT2D eigenvalue weighted by molar-refractivity contribution is 6.03. The summed E-state index contributed by atoms with van der Waals surface area (Å²) >= 11 is 0. The SMILES string of the molecule is Cc1cc(-c2nnc(NC(=O)c3ccc4c(c3)OCO4)o2)nn1C. The molecule has 3 heterocycles. The molecule has 0 unspecified atom stereocenters. The Morgan fingerprint density at radius 2 is 2.04 bits per heavy atom. The number of carbonyl (C=O) groups excluding carboxylic acids is 1. The van der Waals surface area contributed by atoms with Gasteiger partial charge >= 0.3 is 6.01 Å². The molecule has 1 aliphatic rings. The first-order valence-corrected chi connectivity index (χ1v) is 7.15. The number of ether oxygens (including phenoxy) is 2. The van der Waals surface area contributed by atoms with E-state index in [1.807, 2.05) is 20.0 Å². The Bertz CT molecular complexity index is 910. The quantitative estimate of drug-likeness (QED) is 0.781. The average molecular weight is 327 g/mol. The van der Waals surface area contributed by atoms with Crippen molar-refractivity contribution in [2.75, 3.05) is 12.1 Å². The molecule has 0 bridgehead atoms. The Morgan fingerprint density at radius 1 is 1.21 bits per heavy atom. The zero-order chi connectivity index (χ0) is 16.7. The van der Waals surface area contributed by atoms with Gasteiger partial charge in [0.05, 0.1) is 0 Å². The predicted molar refractivity (Wildman–Crippen MR) is 81.8 cm³/mol. The van der Waals surface area contributed by atoms with Crippen molar-refractivity contribution in [3.05, 3.63) is 35.5 Å². The number of benzene rings is 1. The molecule has 0 aliphatic carbocycles. The normalized spacial score (nSPS) is 12.4. The van der Waals surface area contributed by atoms with Crippen LogP contribution in [0.5, 0.6) is 11.5 Å². The van der Waals surface area contributed by atoms with Gasteiger partial charge in [-0.1, -0.05) is 5.10 Å². The van der Waals surface area contributed by atoms with Crippen LogP contribution in [0, 0.1) is 6.92 Å². The Kier molecular flexibility index (Phi) is 3.19. The summed E-state index contributed by atoms with van der Waals surface area (Å²) in [5.74, 6) is 0.982. The van der Waals surface area contributed by atoms with E-state index in [1.165, 1.54) is 0 Å². The zero-order valence-electron chi connectivity index (χ0n) is 12.9. The minimum absolute atomic E-state index is 0.00373. The summed E-state index contributed by atoms with van der Waals surface area (Å²) in [6.45, 7) is 2.06. The van der Waals surface area contributed by atoms with Crippen molar-refractivity contribution in [1.82, 2.24) is 20.0 Å². The molecule has 24 heavy (non-hydrogen) atoms. The number of anilines is 1. The van der Waals surface area contributed by atoms with Crippen LogP contribution >= 0.6 is 0 Å². The average Bonchev–Trinajstić information content (AvgIpc) is 3.27. The highest BCUT2D eigenvalue weighted by Gasteiger charge is 2.18. The molecule has 9 heteroatoms. The van der Waals surface area contributed by atoms with Gasteiger partial charge in [0.2, 0.25) is 6.79 Å². The molecule has 0 radical (unpaired) electrons. The summed E-state index contributed by atoms with van der Waals surface area (Å²) in [5.41, 5.74) is 1.90. The largest absolute Gasteiger partial charge is 0.454 e. The molecule has 1 amide bonds. The van der Waals surface area contributed by atoms with Crippen molar-refractivity contribution >= 4 is 11.9 Å². The standard InChI is InChI=1S/C15H13N5O4/c1-8-5-10(19-20(8)2)14-17-18-15(24-14)16-13(21)9-3-4-11-12(6-9)23-7-22-11/h3-6H,7H2,1-2H3,(H,16,18,21). The van der Waals surface area contributed by atoms with Crippen molar-refractivity contribution in [3.63, 3.8) is 0 Å². The summed E-state index contributed by atoms with van der Waals surface area (Å²) in [6, 6.07) is 6.71. The van der Waals surface area contributed by atoms with E-state index in [1.54, 1.807) is 22.9 Å². The van der Waals surface area contributed by atoms with Crippen LogP contribution in [-0.2, 0) is 7.05 Å². The number of rotatable bonds is 3. The third kappa shape index (κ3) is 2.45. The number of aromatic nitrogens is 4. The van der Waals surface area contributed by atoms with E-state index in [0.29, 0.717) is 22.8 Å². The number of carbonyl (C=O) groups is 1. The highest BCUT2D eigenvalue weighted by atomic mass is 16.7. The smallest absolute Gasteiger partial charge is 0.322 e. The molecule has 0 spiro atoms. The van der Waals surface area contributed by atoms with Crippen LogP contribution in [0.2, 0.25) is 0 Å². The maximum Gasteiger partial charge on any atom is 0.322 e. The van der Waals surface area contributed by atoms with Crippen LogP contribution in [0.3, 0.4) is 0 Å². The summed E-state index contributed by atoms with van der Waals surface area (Å²) in [7, 11) is 1.82. The van der Waals surface area contributed by atoms with Crippen LogP contribution in [0.25, 0.3) is 11.6 Å². The number of hydrogen-bond acceptors (Lipinski definition) is 7. The van der Waals surface area contributed by atoms with Crippen molar-refractivity contribution in [2.45, 2.75) is 6.92 Å². The van der Waals surface area contributed by atoms with Crippen LogP contribution in [0.15, 0.2) is 28.7 Å². The zero-order valence-corrected chi connectivity index (χ0v) is 12.9. The number of amides is 1. The van der Waals surface area contributed by atoms with Gasteiger partial charge in [-0.15, -0.1) is 5.10 Å². The van der Waals surface area contributed by atoms with E-state index >= 15 is 0 Å². The Hall–Kier alpha value is -3.36. The molecular weight excluding hydrogens is 314 g/mol. The van der Waals surface area contributed by atoms with E-state index in [0.717, 1.165) is 5.69 Å². The minimum Gasteiger partial charge on any atom is -0.454 e. The van der Waals surface area contributed by atoms with Gasteiger partial charge in [-0.25, -0.2) is 0 Å². The number of aryl methyl sites for hydroxylation is 2. The second-order valence-electron chi connectivity index (χ2n) is 5.23. The van der Waals surface area contributed by atoms with Crippen LogP contribution < -0.4 is 14.8 Å². The highest BCUT2D eigenvalue weighted by Crippen LogP contribution is 2.32. The lowest BCUT2D eigenvalue weighted by Gasteiger charge is -2.02. The minimum atomic E-state index is -0.388. The lowest BCUT2D eigenvalue weighted by atomic mass is 10.2. The second kappa shape index (κ2) is 5.37. The molecule has 0 atom stereocenters. The molecule has 1 aromatic carbocycles. The number of nitrogens with zero attached hydrogens (tertiary/aromatic N) is 4. The first-order chi connectivity index (χ1) is 11.6. The Balaban J connectivity index is 1.52. The molecular formula is C15H13N5O4. The fourth-order valence-electron chi connectivity index (χ4n) is 2.25. The van der Waals surface area contributed by atoms with Crippen LogP contribution in [0.4, 0.5) is 6.01 Å². The third-order valence-electron chi connectivity index (χ3n) is 3.61. The lowest BCUT2D eigenvalue weighted by molar-refractivity contribution is 0.102. The molecule has 4 rings (SSSR count). The topological polar surface area (TPSA) is 104 Å². The summed E-state index contributed by atoms with van der Waals surface area (Å²) in [4.78, 5) is 12.3. The molecule has 0 fully saturated rings. The van der Waals surface area contributed by atoms with Gasteiger partial charge in [0.1, 0.15) is 5.69 Å². The second-order valence-corrected chi connectivity index (χ2v) is 5.23. The number of fused-ring (bicyclic) bond motifs is 1. The fourth-order valence-corrected chi connectivity index (χ4v) is 2.25. The van der Waals surface area contributed by atoms with Crippen molar-refractivity contribution in [2.24, 2.45) is 7.05 Å². The van der Waals surface area contributed by atoms with Gasteiger partial charge in [-0.05, 0) is 31.2 Å². The van der Waals surface area contributed by atoms with Crippen LogP contribution in [0.1, 0.15) is 16.1 Å². The molecule has 3 aromatic rings. The van der Waals surface area contributed by atoms with Gasteiger partial charge < -0.3 is 13.9 Å². The molecule has 2 aromatic heterocycles. The lowest BCUT2D eigenvalue weighted by Crippen LogP contribution is -2.12. The van der Waals surface area contributed by atoms with Crippen molar-refractivity contribution in [1.29, 1.82) is 0 Å². The summed E-state index contributed by atoms with van der Waals surface area (Å²) in [6.07, 6.45) is 0. The van der Waals surface area contributed by atoms with E-state index in [2.05, 4.69) is 20.6 Å². The van der Waals surface area contributed by atoms with E-state index in [9.17, 15) is 4.79 Å². The molecule has 122 valence electrons. The van der Waals surface area contributed by atoms with Gasteiger partial charge in [-0.2, -0.15) is 5.10 Å². The predicted octanol–water partition coefficient (Wildman–Crippen LogP) is 1.76. The van der Waals surface area contributed by atoms with Gasteiger partial charge in [-0.3, -0.25) is 14.8 Å². The molecule has 1 aliphatic heterocycles. The first-order valence-electron chi connectivity index (χ1n) is 7.15. The Labute approximate surface area is 136 Å². The summed E-state index contributed by atoms with van der Waals surface area (Å²) in [5, 5.41) is 14.5. The van der Waals surface area contributed by atoms with E-state index in [4.69, 9.17) is 13.9 Å². The number of hydrogen-bond donors (Lipinski definition) is 1. The molecule has 9 nitrogen and oxygen atoms in total. The van der Waals surface area contributed by atoms with E-state index < -0.39 is 0 Å². The van der Waals surface area contributed by atoms with Crippen molar-refractivity contribution in [3.8, 4) is 23.1 Å². The van der Waals surface area contributed by atoms with Gasteiger partial charge in [0.15, 0.2) is 11.5 Å². The van der Waals surface area contributed by atoms with Gasteiger partial charge in [0, 0.05) is 18.3 Å². The molecule has 0 saturated carbocycles. The first kappa shape index (κ1) is 14.2.